The van der Waals surface area contributed by atoms with Gasteiger partial charge in [0.2, 0.25) is 22.2 Å². The van der Waals surface area contributed by atoms with Crippen molar-refractivity contribution < 1.29 is 38.9 Å². The number of rotatable bonds is 30. The molecule has 89 heavy (non-hydrogen) atoms. The third-order valence-corrected chi connectivity index (χ3v) is 17.9. The molecule has 0 atom stereocenters. The van der Waals surface area contributed by atoms with E-state index in [1.54, 1.807) is 36.4 Å². The minimum atomic E-state index is -4.39. The molecule has 3 heterocycles. The van der Waals surface area contributed by atoms with Gasteiger partial charge in [-0.25, -0.2) is 0 Å². The maximum atomic E-state index is 11.9. The normalized spacial score (nSPS) is 11.5. The van der Waals surface area contributed by atoms with Crippen molar-refractivity contribution in [1.29, 1.82) is 21.0 Å². The van der Waals surface area contributed by atoms with Crippen LogP contribution in [0.5, 0.6) is 0 Å². The molecule has 460 valence electrons. The Morgan fingerprint density at radius 2 is 0.955 bits per heavy atom. The Hall–Kier alpha value is -9.33. The smallest absolute Gasteiger partial charge is 0.294 e. The Morgan fingerprint density at radius 3 is 1.30 bits per heavy atom. The van der Waals surface area contributed by atoms with Gasteiger partial charge in [-0.1, -0.05) is 58.7 Å². The van der Waals surface area contributed by atoms with E-state index < -0.39 is 36.1 Å². The maximum Gasteiger partial charge on any atom is 0.294 e. The van der Waals surface area contributed by atoms with Gasteiger partial charge in [-0.15, -0.1) is 20.5 Å². The van der Waals surface area contributed by atoms with Crippen molar-refractivity contribution in [2.75, 3.05) is 81.8 Å². The molecule has 0 aliphatic heterocycles. The predicted octanol–water partition coefficient (Wildman–Crippen LogP) is 11.4. The number of nitriles is 4. The van der Waals surface area contributed by atoms with Crippen molar-refractivity contribution in [3.05, 3.63) is 117 Å². The molecule has 0 spiro atoms. The fraction of sp³-hybridized carbons (Fsp3) is 0.255. The van der Waals surface area contributed by atoms with E-state index in [9.17, 15) is 60.0 Å². The second kappa shape index (κ2) is 31.0. The highest BCUT2D eigenvalue weighted by molar-refractivity contribution is 8.00. The van der Waals surface area contributed by atoms with Gasteiger partial charge in [0.25, 0.3) is 30.4 Å². The summed E-state index contributed by atoms with van der Waals surface area (Å²) in [5.41, 5.74) is 3.90. The summed E-state index contributed by atoms with van der Waals surface area (Å²) in [6.07, 6.45) is 3.50. The number of benzene rings is 4. The van der Waals surface area contributed by atoms with Crippen LogP contribution in [0.2, 0.25) is 0 Å². The highest BCUT2D eigenvalue weighted by Crippen LogP contribution is 2.39. The molecule has 0 aliphatic rings. The van der Waals surface area contributed by atoms with Crippen LogP contribution in [0.15, 0.2) is 131 Å². The summed E-state index contributed by atoms with van der Waals surface area (Å²) in [6, 6.07) is 29.5. The van der Waals surface area contributed by atoms with E-state index in [0.717, 1.165) is 56.9 Å². The van der Waals surface area contributed by atoms with Gasteiger partial charge in [-0.2, -0.15) is 71.2 Å². The molecule has 0 fully saturated rings. The van der Waals surface area contributed by atoms with Gasteiger partial charge in [0.05, 0.1) is 36.7 Å². The fourth-order valence-corrected chi connectivity index (χ4v) is 12.4. The molecule has 0 amide bonds. The van der Waals surface area contributed by atoms with E-state index in [4.69, 9.17) is 4.98 Å². The number of aromatic nitrogens is 5. The standard InChI is InChI=1S/C55H55N19O9S6/c1-5-73(6-2)39-13-19-43(69-71-54-64-49(47(85-54)27-37(31-56)32-57)60-23-21-35-9-15-41(16-10-35)88(78,79)80)45(29-39)62-51-66-52(68-53(67-51)84-25-26-87(75,76)77)63-46-30-40(74(7-3)8-4)14-20-44(46)70-72-55-65-50(48(86-55)28-38(33-58)34-59)61-24-22-36-11-17-42(18-12-36)89(81,82)83/h9-20,27-30,60-61H,5-8,21-26H2,1-4H3,(H,75,76,77)(H,78,79,80)(H,81,82,83)(H2,62,63,66,67,68). The summed E-state index contributed by atoms with van der Waals surface area (Å²) in [5, 5.41) is 69.7. The molecule has 3 aromatic heterocycles. The van der Waals surface area contributed by atoms with E-state index >= 15 is 0 Å². The first kappa shape index (κ1) is 67.2. The molecule has 7 rings (SSSR count). The summed E-state index contributed by atoms with van der Waals surface area (Å²) in [7, 11) is -13.2. The number of azo groups is 2. The molecule has 7 aromatic rings. The molecule has 4 aromatic carbocycles. The Bertz CT molecular complexity index is 4060. The van der Waals surface area contributed by atoms with Crippen molar-refractivity contribution in [3.8, 4) is 24.3 Å². The first-order valence-electron chi connectivity index (χ1n) is 26.7. The number of anilines is 8. The number of allylic oxidation sites excluding steroid dienone is 2. The van der Waals surface area contributed by atoms with Gasteiger partial charge in [0.1, 0.15) is 58.4 Å². The number of hydrogen-bond acceptors (Lipinski definition) is 28. The highest BCUT2D eigenvalue weighted by atomic mass is 32.2. The number of nitrogens with zero attached hydrogens (tertiary/aromatic N) is 15. The summed E-state index contributed by atoms with van der Waals surface area (Å²) in [6.45, 7) is 11.1. The number of thioether (sulfide) groups is 1. The minimum absolute atomic E-state index is 0.0398. The SMILES string of the molecule is CCN(CC)c1ccc(N=Nc2nc(NCCc3ccc(S(=O)(=O)O)cc3)c(C=C(C#N)C#N)s2)c(Nc2nc(Nc3cc(N(CC)CC)ccc3N=Nc3nc(NCCc4ccc(S(=O)(=O)O)cc4)c(C=C(C#N)C#N)s3)nc(SCCS(=O)(=O)O)n2)c1. The van der Waals surface area contributed by atoms with Crippen LogP contribution in [-0.2, 0) is 43.2 Å². The quantitative estimate of drug-likeness (QED) is 0.00951. The molecule has 28 nitrogen and oxygen atoms in total. The van der Waals surface area contributed by atoms with Crippen molar-refractivity contribution in [3.63, 3.8) is 0 Å². The molecular weight excluding hydrogens is 1260 g/mol. The lowest BCUT2D eigenvalue weighted by Crippen LogP contribution is -2.21. The Labute approximate surface area is 525 Å². The van der Waals surface area contributed by atoms with Crippen LogP contribution in [0.1, 0.15) is 48.6 Å². The Balaban J connectivity index is 1.24. The third kappa shape index (κ3) is 19.6. The molecule has 0 unspecified atom stereocenters. The van der Waals surface area contributed by atoms with E-state index in [0.29, 0.717) is 60.1 Å². The lowest BCUT2D eigenvalue weighted by atomic mass is 10.1. The lowest BCUT2D eigenvalue weighted by molar-refractivity contribution is 0.481. The molecule has 0 aliphatic carbocycles. The zero-order valence-corrected chi connectivity index (χ0v) is 52.7. The molecule has 0 saturated carbocycles. The van der Waals surface area contributed by atoms with Crippen LogP contribution in [0, 0.1) is 45.3 Å². The van der Waals surface area contributed by atoms with Crippen molar-refractivity contribution in [1.82, 2.24) is 24.9 Å². The summed E-state index contributed by atoms with van der Waals surface area (Å²) in [4.78, 5) is 27.7. The van der Waals surface area contributed by atoms with Gasteiger partial charge in [-0.05, 0) is 124 Å². The van der Waals surface area contributed by atoms with Gasteiger partial charge >= 0.3 is 0 Å². The fourth-order valence-electron chi connectivity index (χ4n) is 8.12. The van der Waals surface area contributed by atoms with Crippen LogP contribution in [-0.4, -0.2) is 115 Å². The zero-order valence-electron chi connectivity index (χ0n) is 47.8. The summed E-state index contributed by atoms with van der Waals surface area (Å²) >= 11 is 3.00. The molecular formula is C55H55N19O9S6. The predicted molar refractivity (Wildman–Crippen MR) is 341 cm³/mol. The first-order valence-corrected chi connectivity index (χ1v) is 33.8. The van der Waals surface area contributed by atoms with E-state index in [2.05, 4.69) is 71.5 Å². The molecule has 0 saturated heterocycles. The van der Waals surface area contributed by atoms with Gasteiger partial charge in [0, 0.05) is 56.4 Å². The lowest BCUT2D eigenvalue weighted by Gasteiger charge is -2.22. The largest absolute Gasteiger partial charge is 0.372 e. The summed E-state index contributed by atoms with van der Waals surface area (Å²) in [5.74, 6) is -0.283. The highest BCUT2D eigenvalue weighted by Gasteiger charge is 2.19. The Kier molecular flexibility index (Phi) is 23.4. The van der Waals surface area contributed by atoms with E-state index in [-0.39, 0.29) is 90.1 Å². The molecule has 0 bridgehead atoms. The zero-order chi connectivity index (χ0) is 64.3. The first-order chi connectivity index (χ1) is 42.5. The average Bonchev–Trinajstić information content (AvgIpc) is 2.11. The van der Waals surface area contributed by atoms with Crippen LogP contribution in [0.25, 0.3) is 12.2 Å². The van der Waals surface area contributed by atoms with Crippen LogP contribution in [0.4, 0.5) is 67.9 Å². The van der Waals surface area contributed by atoms with Crippen LogP contribution in [0.3, 0.4) is 0 Å². The third-order valence-electron chi connectivity index (χ3n) is 12.6. The number of hydrogen-bond donors (Lipinski definition) is 7. The van der Waals surface area contributed by atoms with Gasteiger partial charge < -0.3 is 31.1 Å². The maximum absolute atomic E-state index is 11.9. The van der Waals surface area contributed by atoms with Gasteiger partial charge in [-0.3, -0.25) is 13.7 Å². The minimum Gasteiger partial charge on any atom is -0.372 e. The monoisotopic (exact) mass is 1320 g/mol. The second-order valence-corrected chi connectivity index (χ2v) is 25.9. The molecule has 34 heteroatoms. The van der Waals surface area contributed by atoms with Gasteiger partial charge in [0.15, 0.2) is 5.16 Å². The number of thiazole rings is 2. The molecule has 7 N–H and O–H groups in total. The summed E-state index contributed by atoms with van der Waals surface area (Å²) < 4.78 is 98.4. The van der Waals surface area contributed by atoms with Crippen LogP contribution >= 0.6 is 34.4 Å². The number of nitrogens with one attached hydrogen (secondary N) is 4. The van der Waals surface area contributed by atoms with E-state index in [1.807, 2.05) is 76.2 Å². The second-order valence-electron chi connectivity index (χ2n) is 18.4. The Morgan fingerprint density at radius 1 is 0.562 bits per heavy atom. The molecule has 0 radical (unpaired) electrons. The van der Waals surface area contributed by atoms with E-state index in [1.165, 1.54) is 36.4 Å². The topological polar surface area (TPSA) is 427 Å². The van der Waals surface area contributed by atoms with Crippen LogP contribution < -0.4 is 31.1 Å². The van der Waals surface area contributed by atoms with Crippen molar-refractivity contribution in [2.45, 2.75) is 55.5 Å². The average molecular weight is 1320 g/mol. The van der Waals surface area contributed by atoms with Crippen molar-refractivity contribution >= 4 is 145 Å². The van der Waals surface area contributed by atoms with Crippen molar-refractivity contribution in [2.24, 2.45) is 20.5 Å².